The minimum Gasteiger partial charge on any atom is -0.465 e. The van der Waals surface area contributed by atoms with Crippen molar-refractivity contribution < 1.29 is 22.9 Å². The number of benzene rings is 1. The van der Waals surface area contributed by atoms with Crippen molar-refractivity contribution in [2.75, 3.05) is 11.8 Å². The molecule has 0 unspecified atom stereocenters. The quantitative estimate of drug-likeness (QED) is 0.472. The van der Waals surface area contributed by atoms with Crippen LogP contribution in [0.2, 0.25) is 0 Å². The highest BCUT2D eigenvalue weighted by Gasteiger charge is 2.28. The number of rotatable bonds is 5. The SMILES string of the molecule is COC(=O)c1c(NS(=O)(=O)c2ccc([N+](=O)[O-])cc2)sc2c1CCCC2. The topological polar surface area (TPSA) is 116 Å². The van der Waals surface area contributed by atoms with Crippen molar-refractivity contribution in [1.82, 2.24) is 0 Å². The van der Waals surface area contributed by atoms with Crippen molar-refractivity contribution in [3.05, 3.63) is 50.4 Å². The summed E-state index contributed by atoms with van der Waals surface area (Å²) in [5, 5.41) is 10.9. The molecule has 0 bridgehead atoms. The number of hydrogen-bond donors (Lipinski definition) is 1. The molecule has 1 aliphatic carbocycles. The van der Waals surface area contributed by atoms with Gasteiger partial charge in [0, 0.05) is 17.0 Å². The van der Waals surface area contributed by atoms with Gasteiger partial charge in [0.05, 0.1) is 22.5 Å². The van der Waals surface area contributed by atoms with E-state index in [9.17, 15) is 23.3 Å². The Balaban J connectivity index is 1.98. The summed E-state index contributed by atoms with van der Waals surface area (Å²) in [5.74, 6) is -0.578. The maximum atomic E-state index is 12.6. The van der Waals surface area contributed by atoms with E-state index in [4.69, 9.17) is 4.74 Å². The Hall–Kier alpha value is -2.46. The Labute approximate surface area is 154 Å². The second-order valence-electron chi connectivity index (χ2n) is 5.76. The number of methoxy groups -OCH3 is 1. The lowest BCUT2D eigenvalue weighted by Gasteiger charge is -2.12. The van der Waals surface area contributed by atoms with Crippen LogP contribution >= 0.6 is 11.3 Å². The minimum atomic E-state index is -3.99. The maximum absolute atomic E-state index is 12.6. The Kier molecular flexibility index (Phi) is 4.97. The third-order valence-electron chi connectivity index (χ3n) is 4.15. The predicted octanol–water partition coefficient (Wildman–Crippen LogP) is 3.12. The van der Waals surface area contributed by atoms with E-state index < -0.39 is 20.9 Å². The molecule has 1 heterocycles. The third-order valence-corrected chi connectivity index (χ3v) is 6.85. The summed E-state index contributed by atoms with van der Waals surface area (Å²) >= 11 is 1.24. The van der Waals surface area contributed by atoms with Crippen molar-refractivity contribution in [3.8, 4) is 0 Å². The Morgan fingerprint density at radius 1 is 1.23 bits per heavy atom. The van der Waals surface area contributed by atoms with Gasteiger partial charge in [-0.3, -0.25) is 14.8 Å². The summed E-state index contributed by atoms with van der Waals surface area (Å²) in [4.78, 5) is 23.2. The first-order chi connectivity index (χ1) is 12.3. The number of carbonyl (C=O) groups is 1. The minimum absolute atomic E-state index is 0.120. The van der Waals surface area contributed by atoms with Crippen LogP contribution in [0.3, 0.4) is 0 Å². The molecule has 0 spiro atoms. The number of nitrogens with zero attached hydrogens (tertiary/aromatic N) is 1. The molecule has 0 amide bonds. The Morgan fingerprint density at radius 3 is 2.50 bits per heavy atom. The number of thiophene rings is 1. The van der Waals surface area contributed by atoms with Gasteiger partial charge in [-0.2, -0.15) is 0 Å². The molecular weight excluding hydrogens is 380 g/mol. The van der Waals surface area contributed by atoms with Gasteiger partial charge in [-0.1, -0.05) is 0 Å². The standard InChI is InChI=1S/C16H16N2O6S2/c1-24-16(19)14-12-4-2-3-5-13(12)25-15(14)17-26(22,23)11-8-6-10(7-9-11)18(20)21/h6-9,17H,2-5H2,1H3. The first-order valence-corrected chi connectivity index (χ1v) is 10.1. The van der Waals surface area contributed by atoms with Crippen LogP contribution in [0.5, 0.6) is 0 Å². The highest BCUT2D eigenvalue weighted by molar-refractivity contribution is 7.93. The van der Waals surface area contributed by atoms with E-state index >= 15 is 0 Å². The summed E-state index contributed by atoms with van der Waals surface area (Å²) in [6, 6.07) is 4.56. The average molecular weight is 396 g/mol. The van der Waals surface area contributed by atoms with Gasteiger partial charge < -0.3 is 4.74 Å². The fourth-order valence-corrected chi connectivity index (χ4v) is 5.47. The first-order valence-electron chi connectivity index (χ1n) is 7.83. The van der Waals surface area contributed by atoms with Crippen molar-refractivity contribution in [1.29, 1.82) is 0 Å². The zero-order valence-corrected chi connectivity index (χ0v) is 15.5. The van der Waals surface area contributed by atoms with Crippen LogP contribution in [0.15, 0.2) is 29.2 Å². The van der Waals surface area contributed by atoms with E-state index in [-0.39, 0.29) is 21.1 Å². The third kappa shape index (κ3) is 3.42. The molecule has 1 aromatic carbocycles. The number of aryl methyl sites for hydroxylation is 1. The summed E-state index contributed by atoms with van der Waals surface area (Å²) < 4.78 is 32.5. The molecule has 1 aliphatic rings. The number of anilines is 1. The molecule has 138 valence electrons. The molecule has 10 heteroatoms. The van der Waals surface area contributed by atoms with Crippen molar-refractivity contribution in [3.63, 3.8) is 0 Å². The molecule has 0 fully saturated rings. The second kappa shape index (κ2) is 7.04. The van der Waals surface area contributed by atoms with Crippen LogP contribution in [-0.2, 0) is 27.6 Å². The monoisotopic (exact) mass is 396 g/mol. The summed E-state index contributed by atoms with van der Waals surface area (Å²) in [6.45, 7) is 0. The van der Waals surface area contributed by atoms with E-state index in [2.05, 4.69) is 4.72 Å². The number of nitrogens with one attached hydrogen (secondary N) is 1. The number of nitro benzene ring substituents is 1. The summed E-state index contributed by atoms with van der Waals surface area (Å²) in [6.07, 6.45) is 3.42. The fourth-order valence-electron chi connectivity index (χ4n) is 2.88. The zero-order valence-electron chi connectivity index (χ0n) is 13.9. The number of esters is 1. The number of hydrogen-bond acceptors (Lipinski definition) is 7. The number of non-ortho nitro benzene ring substituents is 1. The lowest BCUT2D eigenvalue weighted by molar-refractivity contribution is -0.384. The highest BCUT2D eigenvalue weighted by Crippen LogP contribution is 2.39. The number of fused-ring (bicyclic) bond motifs is 1. The number of carbonyl (C=O) groups excluding carboxylic acids is 1. The van der Waals surface area contributed by atoms with Crippen LogP contribution < -0.4 is 4.72 Å². The van der Waals surface area contributed by atoms with Gasteiger partial charge in [-0.05, 0) is 43.4 Å². The van der Waals surface area contributed by atoms with E-state index in [1.807, 2.05) is 0 Å². The molecule has 0 saturated carbocycles. The molecule has 1 N–H and O–H groups in total. The molecule has 8 nitrogen and oxygen atoms in total. The van der Waals surface area contributed by atoms with Crippen LogP contribution in [0.25, 0.3) is 0 Å². The van der Waals surface area contributed by atoms with Gasteiger partial charge in [0.25, 0.3) is 15.7 Å². The van der Waals surface area contributed by atoms with E-state index in [1.165, 1.54) is 18.4 Å². The summed E-state index contributed by atoms with van der Waals surface area (Å²) in [7, 11) is -2.74. The second-order valence-corrected chi connectivity index (χ2v) is 8.55. The molecule has 2 aromatic rings. The van der Waals surface area contributed by atoms with Crippen molar-refractivity contribution in [2.24, 2.45) is 0 Å². The Morgan fingerprint density at radius 2 is 1.88 bits per heavy atom. The number of ether oxygens (including phenoxy) is 1. The van der Waals surface area contributed by atoms with Crippen molar-refractivity contribution in [2.45, 2.75) is 30.6 Å². The van der Waals surface area contributed by atoms with Crippen molar-refractivity contribution >= 4 is 38.0 Å². The number of nitro groups is 1. The van der Waals surface area contributed by atoms with E-state index in [0.29, 0.717) is 6.42 Å². The molecule has 26 heavy (non-hydrogen) atoms. The van der Waals surface area contributed by atoms with Gasteiger partial charge in [0.15, 0.2) is 0 Å². The fraction of sp³-hybridized carbons (Fsp3) is 0.312. The molecular formula is C16H16N2O6S2. The van der Waals surface area contributed by atoms with Gasteiger partial charge >= 0.3 is 5.97 Å². The average Bonchev–Trinajstić information content (AvgIpc) is 2.98. The molecule has 0 radical (unpaired) electrons. The van der Waals surface area contributed by atoms with Gasteiger partial charge in [0.2, 0.25) is 0 Å². The molecule has 1 aromatic heterocycles. The van der Waals surface area contributed by atoms with Gasteiger partial charge in [0.1, 0.15) is 5.00 Å². The highest BCUT2D eigenvalue weighted by atomic mass is 32.2. The van der Waals surface area contributed by atoms with Gasteiger partial charge in [-0.25, -0.2) is 13.2 Å². The predicted molar refractivity (Wildman–Crippen MR) is 96.2 cm³/mol. The van der Waals surface area contributed by atoms with Crippen LogP contribution in [-0.4, -0.2) is 26.4 Å². The summed E-state index contributed by atoms with van der Waals surface area (Å²) in [5.41, 5.74) is 0.901. The number of sulfonamides is 1. The van der Waals surface area contributed by atoms with E-state index in [1.54, 1.807) is 0 Å². The molecule has 0 atom stereocenters. The van der Waals surface area contributed by atoms with E-state index in [0.717, 1.165) is 54.0 Å². The smallest absolute Gasteiger partial charge is 0.341 e. The normalized spacial score (nSPS) is 13.7. The lowest BCUT2D eigenvalue weighted by atomic mass is 9.95. The van der Waals surface area contributed by atoms with Gasteiger partial charge in [-0.15, -0.1) is 11.3 Å². The van der Waals surface area contributed by atoms with Crippen LogP contribution in [0.1, 0.15) is 33.6 Å². The molecule has 0 saturated heterocycles. The van der Waals surface area contributed by atoms with Crippen LogP contribution in [0.4, 0.5) is 10.7 Å². The molecule has 0 aliphatic heterocycles. The Bertz CT molecular complexity index is 963. The first kappa shape index (κ1) is 18.3. The maximum Gasteiger partial charge on any atom is 0.341 e. The zero-order chi connectivity index (χ0) is 18.9. The largest absolute Gasteiger partial charge is 0.465 e. The van der Waals surface area contributed by atoms with Crippen LogP contribution in [0, 0.1) is 10.1 Å². The lowest BCUT2D eigenvalue weighted by Crippen LogP contribution is -2.15. The molecule has 3 rings (SSSR count).